The van der Waals surface area contributed by atoms with E-state index in [1.165, 1.54) is 11.3 Å². The summed E-state index contributed by atoms with van der Waals surface area (Å²) in [5, 5.41) is 11.5. The highest BCUT2D eigenvalue weighted by molar-refractivity contribution is 5.79. The van der Waals surface area contributed by atoms with E-state index >= 15 is 0 Å². The van der Waals surface area contributed by atoms with Crippen molar-refractivity contribution >= 4 is 5.96 Å². The highest BCUT2D eigenvalue weighted by atomic mass is 16.5. The molecule has 28 heavy (non-hydrogen) atoms. The molecule has 156 valence electrons. The van der Waals surface area contributed by atoms with Gasteiger partial charge in [-0.2, -0.15) is 5.10 Å². The molecule has 0 fully saturated rings. The molecule has 0 unspecified atom stereocenters. The molecule has 0 aliphatic carbocycles. The molecule has 0 amide bonds. The molecule has 0 bridgehead atoms. The van der Waals surface area contributed by atoms with Crippen LogP contribution in [0.5, 0.6) is 0 Å². The number of hydrogen-bond acceptors (Lipinski definition) is 4. The van der Waals surface area contributed by atoms with Gasteiger partial charge in [0.05, 0.1) is 18.5 Å². The minimum Gasteiger partial charge on any atom is -0.469 e. The average Bonchev–Trinajstić information content (AvgIpc) is 3.32. The normalized spacial score (nSPS) is 11.8. The molecule has 2 aromatic heterocycles. The van der Waals surface area contributed by atoms with Crippen LogP contribution >= 0.6 is 0 Å². The van der Waals surface area contributed by atoms with E-state index in [4.69, 9.17) is 14.1 Å². The maximum Gasteiger partial charge on any atom is 0.191 e. The van der Waals surface area contributed by atoms with Gasteiger partial charge in [-0.3, -0.25) is 4.68 Å². The van der Waals surface area contributed by atoms with Gasteiger partial charge in [0.1, 0.15) is 5.76 Å². The molecular weight excluding hydrogens is 354 g/mol. The monoisotopic (exact) mass is 389 g/mol. The fraction of sp³-hybridized carbons (Fsp3) is 0.619. The Morgan fingerprint density at radius 1 is 1.21 bits per heavy atom. The second kappa shape index (κ2) is 12.2. The minimum atomic E-state index is 0.627. The van der Waals surface area contributed by atoms with E-state index in [9.17, 15) is 0 Å². The van der Waals surface area contributed by atoms with Crippen LogP contribution in [-0.2, 0) is 37.6 Å². The Morgan fingerprint density at radius 2 is 2.04 bits per heavy atom. The Labute approximate surface area is 168 Å². The Bertz CT molecular complexity index is 707. The number of nitrogens with one attached hydrogen (secondary N) is 2. The van der Waals surface area contributed by atoms with Gasteiger partial charge in [-0.05, 0) is 38.3 Å². The quantitative estimate of drug-likeness (QED) is 0.332. The molecule has 7 nitrogen and oxygen atoms in total. The SMILES string of the molecule is CCOCCCNC(=NCc1c(CC)nn(C)c1CC)NCCc1ccco1. The van der Waals surface area contributed by atoms with Crippen LogP contribution in [0.1, 0.15) is 49.9 Å². The zero-order chi connectivity index (χ0) is 20.2. The molecule has 2 rings (SSSR count). The summed E-state index contributed by atoms with van der Waals surface area (Å²) in [5.74, 6) is 1.79. The molecule has 0 aliphatic rings. The second-order valence-electron chi connectivity index (χ2n) is 6.60. The highest BCUT2D eigenvalue weighted by Crippen LogP contribution is 2.16. The first-order valence-corrected chi connectivity index (χ1v) is 10.3. The number of aliphatic imine (C=N–C) groups is 1. The summed E-state index contributed by atoms with van der Waals surface area (Å²) >= 11 is 0. The molecule has 7 heteroatoms. The lowest BCUT2D eigenvalue weighted by atomic mass is 10.1. The summed E-state index contributed by atoms with van der Waals surface area (Å²) in [5.41, 5.74) is 3.63. The van der Waals surface area contributed by atoms with Crippen molar-refractivity contribution in [3.05, 3.63) is 41.1 Å². The number of nitrogens with zero attached hydrogens (tertiary/aromatic N) is 3. The largest absolute Gasteiger partial charge is 0.469 e. The molecule has 2 aromatic rings. The molecule has 0 radical (unpaired) electrons. The molecule has 0 saturated heterocycles. The van der Waals surface area contributed by atoms with Crippen molar-refractivity contribution in [3.8, 4) is 0 Å². The van der Waals surface area contributed by atoms with E-state index in [-0.39, 0.29) is 0 Å². The Balaban J connectivity index is 1.99. The lowest BCUT2D eigenvalue weighted by molar-refractivity contribution is 0.145. The summed E-state index contributed by atoms with van der Waals surface area (Å²) in [6.45, 7) is 10.0. The molecule has 2 heterocycles. The van der Waals surface area contributed by atoms with Gasteiger partial charge in [0.15, 0.2) is 5.96 Å². The van der Waals surface area contributed by atoms with Gasteiger partial charge >= 0.3 is 0 Å². The van der Waals surface area contributed by atoms with Crippen molar-refractivity contribution in [3.63, 3.8) is 0 Å². The maximum absolute atomic E-state index is 5.41. The van der Waals surface area contributed by atoms with Gasteiger partial charge in [-0.25, -0.2) is 4.99 Å². The van der Waals surface area contributed by atoms with Crippen molar-refractivity contribution in [2.75, 3.05) is 26.3 Å². The lowest BCUT2D eigenvalue weighted by Crippen LogP contribution is -2.39. The van der Waals surface area contributed by atoms with Crippen molar-refractivity contribution in [2.45, 2.75) is 53.0 Å². The van der Waals surface area contributed by atoms with Gasteiger partial charge in [-0.1, -0.05) is 13.8 Å². The van der Waals surface area contributed by atoms with Crippen LogP contribution in [-0.4, -0.2) is 42.0 Å². The molecule has 2 N–H and O–H groups in total. The van der Waals surface area contributed by atoms with Gasteiger partial charge in [0.25, 0.3) is 0 Å². The highest BCUT2D eigenvalue weighted by Gasteiger charge is 2.13. The van der Waals surface area contributed by atoms with Gasteiger partial charge in [0.2, 0.25) is 0 Å². The standard InChI is InChI=1S/C21H35N5O2/c1-5-19-18(20(6-2)26(4)25-19)16-24-21(22-12-9-14-27-7-3)23-13-11-17-10-8-15-28-17/h8,10,15H,5-7,9,11-14,16H2,1-4H3,(H2,22,23,24). The molecule has 0 aromatic carbocycles. The van der Waals surface area contributed by atoms with Crippen LogP contribution in [0, 0.1) is 0 Å². The van der Waals surface area contributed by atoms with E-state index < -0.39 is 0 Å². The van der Waals surface area contributed by atoms with Crippen LogP contribution in [0.15, 0.2) is 27.8 Å². The topological polar surface area (TPSA) is 76.6 Å². The van der Waals surface area contributed by atoms with Crippen LogP contribution in [0.4, 0.5) is 0 Å². The predicted molar refractivity (Wildman–Crippen MR) is 113 cm³/mol. The summed E-state index contributed by atoms with van der Waals surface area (Å²) in [6.07, 6.45) is 5.34. The van der Waals surface area contributed by atoms with Crippen molar-refractivity contribution in [2.24, 2.45) is 12.0 Å². The number of aryl methyl sites for hydroxylation is 2. The number of ether oxygens (including phenoxy) is 1. The van der Waals surface area contributed by atoms with Crippen LogP contribution in [0.3, 0.4) is 0 Å². The lowest BCUT2D eigenvalue weighted by Gasteiger charge is -2.13. The summed E-state index contributed by atoms with van der Waals surface area (Å²) in [7, 11) is 2.01. The Hall–Kier alpha value is -2.28. The molecule has 0 saturated carbocycles. The molecule has 0 aliphatic heterocycles. The van der Waals surface area contributed by atoms with E-state index in [1.807, 2.05) is 30.8 Å². The third-order valence-electron chi connectivity index (χ3n) is 4.63. The fourth-order valence-corrected chi connectivity index (χ4v) is 3.19. The Kier molecular flexibility index (Phi) is 9.62. The third-order valence-corrected chi connectivity index (χ3v) is 4.63. The van der Waals surface area contributed by atoms with Crippen molar-refractivity contribution < 1.29 is 9.15 Å². The number of hydrogen-bond donors (Lipinski definition) is 2. The first kappa shape index (κ1) is 22.0. The molecule has 0 atom stereocenters. The molecular formula is C21H35N5O2. The zero-order valence-corrected chi connectivity index (χ0v) is 17.8. The smallest absolute Gasteiger partial charge is 0.191 e. The summed E-state index contributed by atoms with van der Waals surface area (Å²) < 4.78 is 12.8. The Morgan fingerprint density at radius 3 is 2.71 bits per heavy atom. The van der Waals surface area contributed by atoms with Gasteiger partial charge in [-0.15, -0.1) is 0 Å². The predicted octanol–water partition coefficient (Wildman–Crippen LogP) is 2.84. The maximum atomic E-state index is 5.41. The third kappa shape index (κ3) is 6.71. The number of rotatable bonds is 12. The van der Waals surface area contributed by atoms with E-state index in [0.29, 0.717) is 6.54 Å². The van der Waals surface area contributed by atoms with Gasteiger partial charge in [0, 0.05) is 51.0 Å². The second-order valence-corrected chi connectivity index (χ2v) is 6.60. The summed E-state index contributed by atoms with van der Waals surface area (Å²) in [4.78, 5) is 4.83. The molecule has 0 spiro atoms. The fourth-order valence-electron chi connectivity index (χ4n) is 3.19. The first-order valence-electron chi connectivity index (χ1n) is 10.3. The number of furan rings is 1. The van der Waals surface area contributed by atoms with Crippen LogP contribution in [0.25, 0.3) is 0 Å². The van der Waals surface area contributed by atoms with E-state index in [1.54, 1.807) is 6.26 Å². The average molecular weight is 390 g/mol. The van der Waals surface area contributed by atoms with Gasteiger partial charge < -0.3 is 19.8 Å². The number of aromatic nitrogens is 2. The first-order chi connectivity index (χ1) is 13.7. The van der Waals surface area contributed by atoms with E-state index in [0.717, 1.165) is 69.4 Å². The number of guanidine groups is 1. The van der Waals surface area contributed by atoms with Crippen molar-refractivity contribution in [1.82, 2.24) is 20.4 Å². The summed E-state index contributed by atoms with van der Waals surface area (Å²) in [6, 6.07) is 3.90. The van der Waals surface area contributed by atoms with Crippen molar-refractivity contribution in [1.29, 1.82) is 0 Å². The minimum absolute atomic E-state index is 0.627. The van der Waals surface area contributed by atoms with Crippen LogP contribution < -0.4 is 10.6 Å². The van der Waals surface area contributed by atoms with Crippen LogP contribution in [0.2, 0.25) is 0 Å². The van der Waals surface area contributed by atoms with E-state index in [2.05, 4.69) is 29.6 Å². The zero-order valence-electron chi connectivity index (χ0n) is 17.8.